The topological polar surface area (TPSA) is 135 Å². The molecule has 3 N–H and O–H groups in total. The molecule has 0 spiro atoms. The molecule has 9 heteroatoms. The molecule has 7 nitrogen and oxygen atoms in total. The van der Waals surface area contributed by atoms with Gasteiger partial charge in [-0.25, -0.2) is 4.79 Å². The third-order valence-corrected chi connectivity index (χ3v) is 1.28. The van der Waals surface area contributed by atoms with Crippen LogP contribution in [0.4, 0.5) is 0 Å². The molecule has 0 bridgehead atoms. The first-order chi connectivity index (χ1) is 5.78. The molecule has 0 aromatic heterocycles. The summed E-state index contributed by atoms with van der Waals surface area (Å²) in [6.07, 6.45) is -2.44. The van der Waals surface area contributed by atoms with Gasteiger partial charge < -0.3 is 25.2 Å². The van der Waals surface area contributed by atoms with Gasteiger partial charge in [0.25, 0.3) is 0 Å². The minimum absolute atomic E-state index is 0. The van der Waals surface area contributed by atoms with Gasteiger partial charge in [0.05, 0.1) is 6.42 Å². The van der Waals surface area contributed by atoms with Gasteiger partial charge in [-0.2, -0.15) is 0 Å². The molecule has 0 aromatic carbocycles. The number of carbonyl (C=O) groups excluding carboxylic acids is 1. The molecule has 15 heavy (non-hydrogen) atoms. The van der Waals surface area contributed by atoms with Gasteiger partial charge >= 0.3 is 41.5 Å². The van der Waals surface area contributed by atoms with Crippen LogP contribution in [0.3, 0.4) is 0 Å². The van der Waals surface area contributed by atoms with Crippen LogP contribution in [0, 0.1) is 0 Å². The van der Waals surface area contributed by atoms with Crippen molar-refractivity contribution in [1.29, 1.82) is 0 Å². The van der Waals surface area contributed by atoms with Gasteiger partial charge in [0.2, 0.25) is 0 Å². The SMILES string of the molecule is O=C([O-])CC(O)(CC(=O)O)C(=O)O.[Ag].[Na+]. The summed E-state index contributed by atoms with van der Waals surface area (Å²) in [5.41, 5.74) is -2.80. The van der Waals surface area contributed by atoms with E-state index < -0.39 is 36.4 Å². The molecule has 0 aliphatic carbocycles. The molecule has 0 saturated carbocycles. The summed E-state index contributed by atoms with van der Waals surface area (Å²) in [4.78, 5) is 30.3. The Bertz CT molecular complexity index is 238. The second kappa shape index (κ2) is 8.28. The number of aliphatic carboxylic acids is 3. The third-order valence-electron chi connectivity index (χ3n) is 1.28. The molecule has 0 saturated heterocycles. The van der Waals surface area contributed by atoms with Crippen molar-refractivity contribution in [2.24, 2.45) is 0 Å². The molecule has 1 radical (unpaired) electrons. The van der Waals surface area contributed by atoms with Crippen molar-refractivity contribution < 1.29 is 86.7 Å². The zero-order chi connectivity index (χ0) is 10.6. The van der Waals surface area contributed by atoms with Gasteiger partial charge in [0.15, 0.2) is 5.60 Å². The van der Waals surface area contributed by atoms with Crippen molar-refractivity contribution in [3.8, 4) is 0 Å². The van der Waals surface area contributed by atoms with Crippen molar-refractivity contribution in [3.05, 3.63) is 0 Å². The average Bonchev–Trinajstić information content (AvgIpc) is 1.82. The average molecular weight is 322 g/mol. The van der Waals surface area contributed by atoms with E-state index in [4.69, 9.17) is 15.3 Å². The van der Waals surface area contributed by atoms with Crippen LogP contribution in [0.25, 0.3) is 0 Å². The number of rotatable bonds is 5. The Balaban J connectivity index is -0.000000720. The minimum atomic E-state index is -2.80. The molecule has 85 valence electrons. The zero-order valence-corrected chi connectivity index (χ0v) is 11.2. The molecule has 0 fully saturated rings. The molecule has 0 aliphatic heterocycles. The Morgan fingerprint density at radius 1 is 1.13 bits per heavy atom. The van der Waals surface area contributed by atoms with Crippen molar-refractivity contribution in [2.75, 3.05) is 0 Å². The molecule has 0 heterocycles. The van der Waals surface area contributed by atoms with E-state index in [1.165, 1.54) is 0 Å². The van der Waals surface area contributed by atoms with Gasteiger partial charge in [0, 0.05) is 34.8 Å². The van der Waals surface area contributed by atoms with Gasteiger partial charge in [-0.15, -0.1) is 0 Å². The molecule has 0 amide bonds. The first-order valence-corrected chi connectivity index (χ1v) is 3.15. The number of aliphatic hydroxyl groups is 1. The first kappa shape index (κ1) is 20.5. The van der Waals surface area contributed by atoms with Crippen molar-refractivity contribution in [1.82, 2.24) is 0 Å². The van der Waals surface area contributed by atoms with Crippen LogP contribution in [0.15, 0.2) is 0 Å². The van der Waals surface area contributed by atoms with E-state index in [9.17, 15) is 19.5 Å². The van der Waals surface area contributed by atoms with Crippen LogP contribution in [-0.2, 0) is 36.8 Å². The monoisotopic (exact) mass is 321 g/mol. The summed E-state index contributed by atoms with van der Waals surface area (Å²) in [6, 6.07) is 0. The predicted octanol–water partition coefficient (Wildman–Crippen LogP) is -5.58. The maximum absolute atomic E-state index is 10.3. The summed E-state index contributed by atoms with van der Waals surface area (Å²) < 4.78 is 0. The number of carboxylic acids is 3. The van der Waals surface area contributed by atoms with Crippen molar-refractivity contribution in [2.45, 2.75) is 18.4 Å². The van der Waals surface area contributed by atoms with E-state index in [0.29, 0.717) is 0 Å². The van der Waals surface area contributed by atoms with Gasteiger partial charge in [-0.05, 0) is 0 Å². The second-order valence-corrected chi connectivity index (χ2v) is 2.46. The predicted molar refractivity (Wildman–Crippen MR) is 34.5 cm³/mol. The van der Waals surface area contributed by atoms with Crippen molar-refractivity contribution >= 4 is 17.9 Å². The fourth-order valence-electron chi connectivity index (χ4n) is 0.703. The largest absolute Gasteiger partial charge is 1.00 e. The smallest absolute Gasteiger partial charge is 0.550 e. The van der Waals surface area contributed by atoms with Crippen LogP contribution in [0.1, 0.15) is 12.8 Å². The van der Waals surface area contributed by atoms with E-state index in [-0.39, 0.29) is 51.9 Å². The Kier molecular flexibility index (Phi) is 11.3. The summed E-state index contributed by atoms with van der Waals surface area (Å²) in [6.45, 7) is 0. The molecular formula is C6H7AgNaO7. The summed E-state index contributed by atoms with van der Waals surface area (Å²) in [5.74, 6) is -5.34. The Labute approximate surface area is 122 Å². The minimum Gasteiger partial charge on any atom is -0.550 e. The van der Waals surface area contributed by atoms with Crippen LogP contribution in [0.5, 0.6) is 0 Å². The Morgan fingerprint density at radius 3 is 1.73 bits per heavy atom. The maximum Gasteiger partial charge on any atom is 1.00 e. The first-order valence-electron chi connectivity index (χ1n) is 3.15. The molecular weight excluding hydrogens is 315 g/mol. The fraction of sp³-hybridized carbons (Fsp3) is 0.500. The number of hydrogen-bond acceptors (Lipinski definition) is 5. The number of carbonyl (C=O) groups is 3. The zero-order valence-electron chi connectivity index (χ0n) is 7.69. The van der Waals surface area contributed by atoms with Crippen molar-refractivity contribution in [3.63, 3.8) is 0 Å². The van der Waals surface area contributed by atoms with Crippen LogP contribution >= 0.6 is 0 Å². The molecule has 1 unspecified atom stereocenters. The van der Waals surface area contributed by atoms with E-state index in [1.54, 1.807) is 0 Å². The maximum atomic E-state index is 10.3. The summed E-state index contributed by atoms with van der Waals surface area (Å²) >= 11 is 0. The second-order valence-electron chi connectivity index (χ2n) is 2.46. The number of hydrogen-bond donors (Lipinski definition) is 3. The van der Waals surface area contributed by atoms with Crippen LogP contribution < -0.4 is 34.7 Å². The van der Waals surface area contributed by atoms with Crippen LogP contribution in [0.2, 0.25) is 0 Å². The molecule has 0 aromatic rings. The third kappa shape index (κ3) is 7.97. The normalized spacial score (nSPS) is 12.6. The van der Waals surface area contributed by atoms with Gasteiger partial charge in [0.1, 0.15) is 0 Å². The van der Waals surface area contributed by atoms with Gasteiger partial charge in [-0.3, -0.25) is 4.79 Å². The molecule has 0 aliphatic rings. The van der Waals surface area contributed by atoms with Gasteiger partial charge in [-0.1, -0.05) is 0 Å². The van der Waals surface area contributed by atoms with E-state index in [0.717, 1.165) is 0 Å². The standard InChI is InChI=1S/C6H8O7.Ag.Na/c7-3(8)1-6(13,5(11)12)2-4(9)10;;/h13H,1-2H2,(H,7,8)(H,9,10)(H,11,12);;/q;;+1/p-1. The molecule has 1 atom stereocenters. The molecule has 0 rings (SSSR count). The Morgan fingerprint density at radius 2 is 1.53 bits per heavy atom. The fourth-order valence-corrected chi connectivity index (χ4v) is 0.703. The quantitative estimate of drug-likeness (QED) is 0.430. The van der Waals surface area contributed by atoms with E-state index in [1.807, 2.05) is 0 Å². The number of carboxylic acid groups (broad SMARTS) is 3. The Hall–Kier alpha value is 0.110. The van der Waals surface area contributed by atoms with E-state index >= 15 is 0 Å². The van der Waals surface area contributed by atoms with Crippen LogP contribution in [-0.4, -0.2) is 38.8 Å². The summed E-state index contributed by atoms with van der Waals surface area (Å²) in [7, 11) is 0. The summed E-state index contributed by atoms with van der Waals surface area (Å²) in [5, 5.41) is 35.5. The van der Waals surface area contributed by atoms with E-state index in [2.05, 4.69) is 0 Å².